The molecular formula is C11H13F2NO2S. The number of hydrogen-bond acceptors (Lipinski definition) is 3. The molecule has 1 aromatic carbocycles. The summed E-state index contributed by atoms with van der Waals surface area (Å²) in [6, 6.07) is 1.34. The number of halogens is 2. The van der Waals surface area contributed by atoms with Crippen LogP contribution in [0.3, 0.4) is 0 Å². The van der Waals surface area contributed by atoms with Crippen LogP contribution in [0.25, 0.3) is 0 Å². The van der Waals surface area contributed by atoms with Crippen LogP contribution in [0.5, 0.6) is 0 Å². The second-order valence-electron chi connectivity index (χ2n) is 4.30. The molecule has 0 radical (unpaired) electrons. The lowest BCUT2D eigenvalue weighted by atomic mass is 9.95. The molecule has 0 bridgehead atoms. The van der Waals surface area contributed by atoms with Gasteiger partial charge in [0, 0.05) is 11.6 Å². The number of hydrogen-bond donors (Lipinski definition) is 1. The van der Waals surface area contributed by atoms with Crippen LogP contribution in [-0.2, 0) is 9.84 Å². The zero-order valence-corrected chi connectivity index (χ0v) is 10.3. The Balaban J connectivity index is 2.81. The Morgan fingerprint density at radius 1 is 1.29 bits per heavy atom. The summed E-state index contributed by atoms with van der Waals surface area (Å²) >= 11 is 0. The SMILES string of the molecule is CNC1c2c(F)ccc(F)c2S(=O)(=O)CC1C. The normalized spacial score (nSPS) is 26.6. The van der Waals surface area contributed by atoms with Crippen molar-refractivity contribution in [3.63, 3.8) is 0 Å². The molecule has 3 nitrogen and oxygen atoms in total. The van der Waals surface area contributed by atoms with Crippen LogP contribution in [0.1, 0.15) is 18.5 Å². The summed E-state index contributed by atoms with van der Waals surface area (Å²) in [5, 5.41) is 2.84. The standard InChI is InChI=1S/C11H13F2NO2S/c1-6-5-17(15,16)11-8(13)4-3-7(12)9(11)10(6)14-2/h3-4,6,10,14H,5H2,1-2H3. The minimum absolute atomic E-state index is 0.0775. The molecule has 94 valence electrons. The molecule has 0 saturated heterocycles. The minimum atomic E-state index is -3.74. The van der Waals surface area contributed by atoms with Gasteiger partial charge in [-0.25, -0.2) is 17.2 Å². The van der Waals surface area contributed by atoms with E-state index in [4.69, 9.17) is 0 Å². The van der Waals surface area contributed by atoms with E-state index < -0.39 is 32.4 Å². The number of benzene rings is 1. The van der Waals surface area contributed by atoms with Gasteiger partial charge in [0.25, 0.3) is 0 Å². The topological polar surface area (TPSA) is 46.2 Å². The average Bonchev–Trinajstić information content (AvgIpc) is 2.22. The highest BCUT2D eigenvalue weighted by atomic mass is 32.2. The smallest absolute Gasteiger partial charge is 0.182 e. The van der Waals surface area contributed by atoms with Gasteiger partial charge in [0.2, 0.25) is 0 Å². The molecule has 1 N–H and O–H groups in total. The summed E-state index contributed by atoms with van der Waals surface area (Å²) < 4.78 is 51.1. The molecule has 1 aliphatic rings. The van der Waals surface area contributed by atoms with Crippen LogP contribution in [0, 0.1) is 17.6 Å². The Morgan fingerprint density at radius 2 is 1.88 bits per heavy atom. The maximum atomic E-state index is 13.7. The molecule has 1 aliphatic heterocycles. The van der Waals surface area contributed by atoms with Crippen molar-refractivity contribution in [3.8, 4) is 0 Å². The minimum Gasteiger partial charge on any atom is -0.313 e. The molecule has 2 unspecified atom stereocenters. The van der Waals surface area contributed by atoms with E-state index in [-0.39, 0.29) is 17.2 Å². The van der Waals surface area contributed by atoms with Crippen LogP contribution in [0.15, 0.2) is 17.0 Å². The summed E-state index contributed by atoms with van der Waals surface area (Å²) in [7, 11) is -2.14. The number of rotatable bonds is 1. The van der Waals surface area contributed by atoms with E-state index in [0.717, 1.165) is 12.1 Å². The first-order chi connectivity index (χ1) is 7.88. The fourth-order valence-electron chi connectivity index (χ4n) is 2.39. The van der Waals surface area contributed by atoms with Crippen LogP contribution in [0.4, 0.5) is 8.78 Å². The monoisotopic (exact) mass is 261 g/mol. The maximum Gasteiger partial charge on any atom is 0.182 e. The van der Waals surface area contributed by atoms with E-state index in [2.05, 4.69) is 5.32 Å². The zero-order valence-electron chi connectivity index (χ0n) is 9.50. The van der Waals surface area contributed by atoms with Crippen molar-refractivity contribution in [2.24, 2.45) is 5.92 Å². The quantitative estimate of drug-likeness (QED) is 0.836. The first-order valence-corrected chi connectivity index (χ1v) is 6.91. The average molecular weight is 261 g/mol. The van der Waals surface area contributed by atoms with Gasteiger partial charge in [-0.3, -0.25) is 0 Å². The molecular weight excluding hydrogens is 248 g/mol. The van der Waals surface area contributed by atoms with Gasteiger partial charge in [-0.2, -0.15) is 0 Å². The summed E-state index contributed by atoms with van der Waals surface area (Å²) in [5.74, 6) is -2.04. The third-order valence-electron chi connectivity index (χ3n) is 3.08. The van der Waals surface area contributed by atoms with Crippen LogP contribution < -0.4 is 5.32 Å². The first kappa shape index (κ1) is 12.4. The molecule has 1 heterocycles. The first-order valence-electron chi connectivity index (χ1n) is 5.26. The van der Waals surface area contributed by atoms with Gasteiger partial charge < -0.3 is 5.32 Å². The van der Waals surface area contributed by atoms with Crippen molar-refractivity contribution < 1.29 is 17.2 Å². The molecule has 0 aliphatic carbocycles. The Morgan fingerprint density at radius 3 is 2.47 bits per heavy atom. The van der Waals surface area contributed by atoms with Gasteiger partial charge >= 0.3 is 0 Å². The van der Waals surface area contributed by atoms with Crippen LogP contribution in [0.2, 0.25) is 0 Å². The van der Waals surface area contributed by atoms with Crippen molar-refractivity contribution in [1.82, 2.24) is 5.32 Å². The third-order valence-corrected chi connectivity index (χ3v) is 5.08. The number of sulfone groups is 1. The molecule has 0 saturated carbocycles. The van der Waals surface area contributed by atoms with Gasteiger partial charge in [0.15, 0.2) is 9.84 Å². The predicted octanol–water partition coefficient (Wildman–Crippen LogP) is 1.65. The van der Waals surface area contributed by atoms with Crippen LogP contribution >= 0.6 is 0 Å². The van der Waals surface area contributed by atoms with Gasteiger partial charge in [0.1, 0.15) is 16.5 Å². The molecule has 17 heavy (non-hydrogen) atoms. The largest absolute Gasteiger partial charge is 0.313 e. The van der Waals surface area contributed by atoms with E-state index >= 15 is 0 Å². The highest BCUT2D eigenvalue weighted by Gasteiger charge is 2.39. The second-order valence-corrected chi connectivity index (χ2v) is 6.27. The lowest BCUT2D eigenvalue weighted by Gasteiger charge is -2.31. The Hall–Kier alpha value is -1.01. The van der Waals surface area contributed by atoms with Crippen molar-refractivity contribution in [2.45, 2.75) is 17.9 Å². The molecule has 0 amide bonds. The fourth-order valence-corrected chi connectivity index (χ4v) is 4.37. The molecule has 6 heteroatoms. The molecule has 1 aromatic rings. The highest BCUT2D eigenvalue weighted by molar-refractivity contribution is 7.91. The highest BCUT2D eigenvalue weighted by Crippen LogP contribution is 2.38. The molecule has 2 rings (SSSR count). The Labute approximate surface area is 98.8 Å². The van der Waals surface area contributed by atoms with E-state index in [1.54, 1.807) is 14.0 Å². The summed E-state index contributed by atoms with van der Waals surface area (Å²) in [5.41, 5.74) is -0.0775. The van der Waals surface area contributed by atoms with Crippen molar-refractivity contribution in [1.29, 1.82) is 0 Å². The second kappa shape index (κ2) is 4.03. The van der Waals surface area contributed by atoms with E-state index in [1.165, 1.54) is 0 Å². The molecule has 0 aromatic heterocycles. The fraction of sp³-hybridized carbons (Fsp3) is 0.455. The predicted molar refractivity (Wildman–Crippen MR) is 59.4 cm³/mol. The van der Waals surface area contributed by atoms with E-state index in [1.807, 2.05) is 0 Å². The summed E-state index contributed by atoms with van der Waals surface area (Å²) in [6.07, 6.45) is 0. The van der Waals surface area contributed by atoms with Gasteiger partial charge in [-0.15, -0.1) is 0 Å². The van der Waals surface area contributed by atoms with E-state index in [0.29, 0.717) is 0 Å². The Bertz CT molecular complexity index is 557. The lowest BCUT2D eigenvalue weighted by molar-refractivity contribution is 0.394. The summed E-state index contributed by atoms with van der Waals surface area (Å²) in [4.78, 5) is -0.491. The van der Waals surface area contributed by atoms with Gasteiger partial charge in [-0.05, 0) is 25.1 Å². The lowest BCUT2D eigenvalue weighted by Crippen LogP contribution is -2.36. The maximum absolute atomic E-state index is 13.7. The van der Waals surface area contributed by atoms with Crippen molar-refractivity contribution in [2.75, 3.05) is 12.8 Å². The third kappa shape index (κ3) is 1.85. The van der Waals surface area contributed by atoms with Gasteiger partial charge in [-0.1, -0.05) is 6.92 Å². The zero-order chi connectivity index (χ0) is 12.8. The molecule has 0 fully saturated rings. The molecule has 2 atom stereocenters. The van der Waals surface area contributed by atoms with E-state index in [9.17, 15) is 17.2 Å². The van der Waals surface area contributed by atoms with Crippen molar-refractivity contribution >= 4 is 9.84 Å². The number of fused-ring (bicyclic) bond motifs is 1. The summed E-state index contributed by atoms with van der Waals surface area (Å²) in [6.45, 7) is 1.70. The molecule has 0 spiro atoms. The Kier molecular flexibility index (Phi) is 2.95. The van der Waals surface area contributed by atoms with Crippen LogP contribution in [-0.4, -0.2) is 21.2 Å². The van der Waals surface area contributed by atoms with Crippen molar-refractivity contribution in [3.05, 3.63) is 29.3 Å². The van der Waals surface area contributed by atoms with Gasteiger partial charge in [0.05, 0.1) is 5.75 Å². The number of nitrogens with one attached hydrogen (secondary N) is 1.